The highest BCUT2D eigenvalue weighted by atomic mass is 16.7. The van der Waals surface area contributed by atoms with Crippen molar-refractivity contribution in [2.45, 2.75) is 31.7 Å². The van der Waals surface area contributed by atoms with Crippen LogP contribution in [0.15, 0.2) is 36.4 Å². The fraction of sp³-hybridized carbons (Fsp3) is 0.467. The van der Waals surface area contributed by atoms with Crippen molar-refractivity contribution in [3.05, 3.63) is 42.0 Å². The average Bonchev–Trinajstić information content (AvgIpc) is 2.86. The van der Waals surface area contributed by atoms with Crippen molar-refractivity contribution in [3.8, 4) is 0 Å². The second kappa shape index (κ2) is 7.31. The third-order valence-corrected chi connectivity index (χ3v) is 2.95. The number of aliphatic hydroxyl groups excluding tert-OH is 1. The summed E-state index contributed by atoms with van der Waals surface area (Å²) in [5.41, 5.74) is 1.15. The van der Waals surface area contributed by atoms with E-state index in [1.807, 2.05) is 42.5 Å². The monoisotopic (exact) mass is 248 g/mol. The van der Waals surface area contributed by atoms with Crippen LogP contribution in [0.5, 0.6) is 0 Å². The lowest BCUT2D eigenvalue weighted by molar-refractivity contribution is -0.0207. The summed E-state index contributed by atoms with van der Waals surface area (Å²) >= 11 is 0. The van der Waals surface area contributed by atoms with Gasteiger partial charge in [0.15, 0.2) is 6.29 Å². The van der Waals surface area contributed by atoms with Gasteiger partial charge in [-0.05, 0) is 30.9 Å². The predicted molar refractivity (Wildman–Crippen MR) is 71.0 cm³/mol. The van der Waals surface area contributed by atoms with Crippen molar-refractivity contribution >= 4 is 6.08 Å². The highest BCUT2D eigenvalue weighted by Crippen LogP contribution is 2.18. The molecule has 0 saturated carbocycles. The van der Waals surface area contributed by atoms with E-state index in [1.54, 1.807) is 0 Å². The largest absolute Gasteiger partial charge is 0.396 e. The molecule has 1 aliphatic heterocycles. The third kappa shape index (κ3) is 4.26. The Balaban J connectivity index is 1.74. The maximum absolute atomic E-state index is 8.72. The number of ether oxygens (including phenoxy) is 2. The minimum atomic E-state index is -0.232. The quantitative estimate of drug-likeness (QED) is 0.786. The Kier molecular flexibility index (Phi) is 5.39. The molecule has 1 heterocycles. The number of hydrogen-bond acceptors (Lipinski definition) is 3. The molecule has 2 unspecified atom stereocenters. The summed E-state index contributed by atoms with van der Waals surface area (Å²) in [5.74, 6) is 0. The van der Waals surface area contributed by atoms with E-state index < -0.39 is 0 Å². The van der Waals surface area contributed by atoms with Crippen LogP contribution in [0, 0.1) is 0 Å². The summed E-state index contributed by atoms with van der Waals surface area (Å²) in [6.07, 6.45) is 6.67. The van der Waals surface area contributed by atoms with Crippen LogP contribution in [-0.2, 0) is 9.47 Å². The molecule has 3 nitrogen and oxygen atoms in total. The SMILES string of the molecule is OCCCCC1COC(/C=C/c2ccccc2)O1. The van der Waals surface area contributed by atoms with Crippen LogP contribution >= 0.6 is 0 Å². The van der Waals surface area contributed by atoms with Gasteiger partial charge in [-0.2, -0.15) is 0 Å². The van der Waals surface area contributed by atoms with Crippen LogP contribution in [-0.4, -0.2) is 30.7 Å². The average molecular weight is 248 g/mol. The Morgan fingerprint density at radius 1 is 1.22 bits per heavy atom. The van der Waals surface area contributed by atoms with E-state index in [0.717, 1.165) is 24.8 Å². The zero-order chi connectivity index (χ0) is 12.6. The van der Waals surface area contributed by atoms with Gasteiger partial charge < -0.3 is 14.6 Å². The minimum absolute atomic E-state index is 0.168. The van der Waals surface area contributed by atoms with Crippen LogP contribution < -0.4 is 0 Å². The van der Waals surface area contributed by atoms with Gasteiger partial charge in [0.05, 0.1) is 12.7 Å². The number of hydrogen-bond donors (Lipinski definition) is 1. The van der Waals surface area contributed by atoms with E-state index >= 15 is 0 Å². The Morgan fingerprint density at radius 2 is 2.06 bits per heavy atom. The maximum Gasteiger partial charge on any atom is 0.177 e. The summed E-state index contributed by atoms with van der Waals surface area (Å²) in [6.45, 7) is 0.903. The first kappa shape index (κ1) is 13.3. The molecule has 2 atom stereocenters. The van der Waals surface area contributed by atoms with Crippen molar-refractivity contribution in [3.63, 3.8) is 0 Å². The summed E-state index contributed by atoms with van der Waals surface area (Å²) in [6, 6.07) is 10.1. The molecule has 1 aliphatic rings. The van der Waals surface area contributed by atoms with Gasteiger partial charge in [-0.15, -0.1) is 0 Å². The lowest BCUT2D eigenvalue weighted by Crippen LogP contribution is -2.11. The molecular formula is C15H20O3. The minimum Gasteiger partial charge on any atom is -0.396 e. The first-order valence-electron chi connectivity index (χ1n) is 6.49. The highest BCUT2D eigenvalue weighted by molar-refractivity contribution is 5.49. The summed E-state index contributed by atoms with van der Waals surface area (Å²) in [7, 11) is 0. The van der Waals surface area contributed by atoms with Gasteiger partial charge in [-0.3, -0.25) is 0 Å². The number of aliphatic hydroxyl groups is 1. The summed E-state index contributed by atoms with van der Waals surface area (Å²) in [5, 5.41) is 8.72. The molecule has 1 aromatic rings. The number of benzene rings is 1. The van der Waals surface area contributed by atoms with Crippen LogP contribution in [0.25, 0.3) is 6.08 Å². The molecule has 0 aromatic heterocycles. The topological polar surface area (TPSA) is 38.7 Å². The molecule has 18 heavy (non-hydrogen) atoms. The van der Waals surface area contributed by atoms with Gasteiger partial charge >= 0.3 is 0 Å². The molecule has 0 radical (unpaired) electrons. The lowest BCUT2D eigenvalue weighted by Gasteiger charge is -2.07. The molecule has 0 bridgehead atoms. The Bertz CT molecular complexity index is 361. The third-order valence-electron chi connectivity index (χ3n) is 2.95. The van der Waals surface area contributed by atoms with Gasteiger partial charge in [0.1, 0.15) is 0 Å². The second-order valence-electron chi connectivity index (χ2n) is 4.45. The molecule has 1 aromatic carbocycles. The highest BCUT2D eigenvalue weighted by Gasteiger charge is 2.23. The fourth-order valence-electron chi connectivity index (χ4n) is 1.96. The first-order valence-corrected chi connectivity index (χ1v) is 6.49. The summed E-state index contributed by atoms with van der Waals surface area (Å²) < 4.78 is 11.3. The van der Waals surface area contributed by atoms with Crippen LogP contribution in [0.2, 0.25) is 0 Å². The van der Waals surface area contributed by atoms with Gasteiger partial charge in [0.2, 0.25) is 0 Å². The van der Waals surface area contributed by atoms with Crippen molar-refractivity contribution in [2.75, 3.05) is 13.2 Å². The molecule has 1 fully saturated rings. The molecule has 98 valence electrons. The smallest absolute Gasteiger partial charge is 0.177 e. The summed E-state index contributed by atoms with van der Waals surface area (Å²) in [4.78, 5) is 0. The van der Waals surface area contributed by atoms with E-state index in [0.29, 0.717) is 6.61 Å². The Labute approximate surface area is 108 Å². The Hall–Kier alpha value is -1.16. The number of rotatable bonds is 6. The molecule has 1 N–H and O–H groups in total. The van der Waals surface area contributed by atoms with Crippen LogP contribution in [0.1, 0.15) is 24.8 Å². The first-order chi connectivity index (χ1) is 8.88. The Morgan fingerprint density at radius 3 is 2.83 bits per heavy atom. The fourth-order valence-corrected chi connectivity index (χ4v) is 1.96. The maximum atomic E-state index is 8.72. The van der Waals surface area contributed by atoms with Gasteiger partial charge in [0.25, 0.3) is 0 Å². The van der Waals surface area contributed by atoms with Crippen LogP contribution in [0.3, 0.4) is 0 Å². The van der Waals surface area contributed by atoms with Crippen molar-refractivity contribution in [1.82, 2.24) is 0 Å². The van der Waals surface area contributed by atoms with E-state index in [9.17, 15) is 0 Å². The standard InChI is InChI=1S/C15H20O3/c16-11-5-4-8-14-12-17-15(18-14)10-9-13-6-2-1-3-7-13/h1-3,6-7,9-10,14-16H,4-5,8,11-12H2/b10-9+. The van der Waals surface area contributed by atoms with Crippen molar-refractivity contribution < 1.29 is 14.6 Å². The molecule has 3 heteroatoms. The van der Waals surface area contributed by atoms with Gasteiger partial charge in [0, 0.05) is 6.61 Å². The normalized spacial score (nSPS) is 23.8. The van der Waals surface area contributed by atoms with Crippen molar-refractivity contribution in [2.24, 2.45) is 0 Å². The molecule has 0 amide bonds. The van der Waals surface area contributed by atoms with Gasteiger partial charge in [-0.25, -0.2) is 0 Å². The van der Waals surface area contributed by atoms with E-state index in [1.165, 1.54) is 0 Å². The van der Waals surface area contributed by atoms with E-state index in [4.69, 9.17) is 14.6 Å². The van der Waals surface area contributed by atoms with E-state index in [2.05, 4.69) is 0 Å². The lowest BCUT2D eigenvalue weighted by atomic mass is 10.2. The van der Waals surface area contributed by atoms with Crippen molar-refractivity contribution in [1.29, 1.82) is 0 Å². The second-order valence-corrected chi connectivity index (χ2v) is 4.45. The molecule has 1 saturated heterocycles. The molecule has 0 spiro atoms. The molecule has 0 aliphatic carbocycles. The zero-order valence-corrected chi connectivity index (χ0v) is 10.5. The molecular weight excluding hydrogens is 228 g/mol. The number of unbranched alkanes of at least 4 members (excludes halogenated alkanes) is 1. The zero-order valence-electron chi connectivity index (χ0n) is 10.5. The van der Waals surface area contributed by atoms with Crippen LogP contribution in [0.4, 0.5) is 0 Å². The predicted octanol–water partition coefficient (Wildman–Crippen LogP) is 2.60. The van der Waals surface area contributed by atoms with E-state index in [-0.39, 0.29) is 19.0 Å². The molecule has 2 rings (SSSR count). The van der Waals surface area contributed by atoms with Gasteiger partial charge in [-0.1, -0.05) is 36.4 Å².